The first-order valence-electron chi connectivity index (χ1n) is 25.7. The molecule has 0 spiro atoms. The van der Waals surface area contributed by atoms with Crippen molar-refractivity contribution in [3.63, 3.8) is 0 Å². The summed E-state index contributed by atoms with van der Waals surface area (Å²) in [7, 11) is -11.5. The lowest BCUT2D eigenvalue weighted by Crippen LogP contribution is -2.56. The van der Waals surface area contributed by atoms with Crippen molar-refractivity contribution in [2.75, 3.05) is 13.2 Å². The number of phosphoric ester groups is 2. The number of hydrogen-bond acceptors (Lipinski definition) is 16. The smallest absolute Gasteiger partial charge is 0.462 e. The third kappa shape index (κ3) is 28.3. The normalized spacial score (nSPS) is 30.6. The fourth-order valence-electron chi connectivity index (χ4n) is 8.24. The molecule has 414 valence electrons. The zero-order chi connectivity index (χ0) is 53.4. The summed E-state index contributed by atoms with van der Waals surface area (Å²) in [6.45, 7) is 2.46. The second kappa shape index (κ2) is 37.1. The fourth-order valence-corrected chi connectivity index (χ4v) is 9.77. The Morgan fingerprint density at radius 3 is 2.11 bits per heavy atom. The van der Waals surface area contributed by atoms with E-state index in [4.69, 9.17) is 23.0 Å². The van der Waals surface area contributed by atoms with E-state index in [-0.39, 0.29) is 38.5 Å². The molecule has 21 heteroatoms. The zero-order valence-electron chi connectivity index (χ0n) is 42.2. The van der Waals surface area contributed by atoms with Gasteiger partial charge in [0, 0.05) is 31.1 Å². The lowest BCUT2D eigenvalue weighted by Gasteiger charge is -2.38. The minimum Gasteiger partial charge on any atom is -0.462 e. The van der Waals surface area contributed by atoms with Gasteiger partial charge in [0.15, 0.2) is 6.10 Å². The van der Waals surface area contributed by atoms with Gasteiger partial charge in [-0.3, -0.25) is 23.2 Å². The highest BCUT2D eigenvalue weighted by Crippen LogP contribution is 2.50. The molecule has 13 atom stereocenters. The van der Waals surface area contributed by atoms with E-state index < -0.39 is 120 Å². The van der Waals surface area contributed by atoms with Crippen LogP contribution >= 0.6 is 15.6 Å². The SMILES string of the molecule is CC/C=C\C/C=C\C/C=C\C/C=C\CCCCCCCCC(=O)OC[C@@H]1COP(=O)(O)O[C@H]2[C@H](O)[C@@H](O)[C@H](O)[C@@H](CC=CCCCC(=O)O1)[C@@H](O)C[C@@H](O)[C@H](C=C[C@@H](O)CCCCC)[C@@H](O)[C@H]2OP(=O)(O)O. The Labute approximate surface area is 426 Å². The topological polar surface area (TPSA) is 317 Å². The molecule has 72 heavy (non-hydrogen) atoms. The number of aliphatic hydroxyl groups is 7. The molecule has 19 nitrogen and oxygen atoms in total. The van der Waals surface area contributed by atoms with Crippen LogP contribution in [0.5, 0.6) is 0 Å². The van der Waals surface area contributed by atoms with Gasteiger partial charge in [-0.15, -0.1) is 0 Å². The van der Waals surface area contributed by atoms with Crippen molar-refractivity contribution in [1.29, 1.82) is 0 Å². The van der Waals surface area contributed by atoms with Crippen LogP contribution in [0.4, 0.5) is 0 Å². The molecule has 0 aromatic heterocycles. The van der Waals surface area contributed by atoms with Crippen LogP contribution in [0.25, 0.3) is 0 Å². The summed E-state index contributed by atoms with van der Waals surface area (Å²) in [4.78, 5) is 56.8. The van der Waals surface area contributed by atoms with Crippen molar-refractivity contribution in [3.8, 4) is 0 Å². The predicted molar refractivity (Wildman–Crippen MR) is 271 cm³/mol. The van der Waals surface area contributed by atoms with Gasteiger partial charge in [0.05, 0.1) is 37.1 Å². The molecule has 1 aliphatic heterocycles. The molecule has 0 aromatic carbocycles. The van der Waals surface area contributed by atoms with Crippen LogP contribution in [0.2, 0.25) is 0 Å². The van der Waals surface area contributed by atoms with E-state index >= 15 is 0 Å². The first-order valence-corrected chi connectivity index (χ1v) is 28.8. The lowest BCUT2D eigenvalue weighted by atomic mass is 9.83. The number of hydrogen-bond donors (Lipinski definition) is 10. The van der Waals surface area contributed by atoms with Crippen molar-refractivity contribution in [2.24, 2.45) is 11.8 Å². The number of unbranched alkanes of at least 4 members (excludes halogenated alkanes) is 8. The Morgan fingerprint density at radius 2 is 1.46 bits per heavy atom. The molecule has 2 bridgehead atoms. The summed E-state index contributed by atoms with van der Waals surface area (Å²) in [5.74, 6) is -4.53. The lowest BCUT2D eigenvalue weighted by molar-refractivity contribution is -0.165. The summed E-state index contributed by atoms with van der Waals surface area (Å²) < 4.78 is 52.2. The van der Waals surface area contributed by atoms with Gasteiger partial charge in [-0.2, -0.15) is 0 Å². The van der Waals surface area contributed by atoms with Gasteiger partial charge in [-0.25, -0.2) is 9.13 Å². The minimum absolute atomic E-state index is 0.0367. The summed E-state index contributed by atoms with van der Waals surface area (Å²) in [6.07, 6.45) is 13.7. The third-order valence-electron chi connectivity index (χ3n) is 12.3. The van der Waals surface area contributed by atoms with Crippen LogP contribution in [0, 0.1) is 11.8 Å². The number of esters is 2. The Kier molecular flexibility index (Phi) is 33.7. The van der Waals surface area contributed by atoms with Gasteiger partial charge in [0.2, 0.25) is 0 Å². The zero-order valence-corrected chi connectivity index (χ0v) is 43.9. The molecule has 2 rings (SSSR count). The number of allylic oxidation sites excluding steroid dienone is 10. The number of aliphatic hydroxyl groups excluding tert-OH is 7. The van der Waals surface area contributed by atoms with Gasteiger partial charge >= 0.3 is 27.6 Å². The number of fused-ring (bicyclic) bond motifs is 4. The number of phosphoric acid groups is 2. The summed E-state index contributed by atoms with van der Waals surface area (Å²) >= 11 is 0. The van der Waals surface area contributed by atoms with Crippen molar-refractivity contribution in [3.05, 3.63) is 72.9 Å². The number of cyclic esters (lactones) is 1. The van der Waals surface area contributed by atoms with Crippen LogP contribution < -0.4 is 0 Å². The average molecular weight is 1070 g/mol. The fraction of sp³-hybridized carbons (Fsp3) is 0.725. The molecule has 1 fully saturated rings. The molecule has 1 aliphatic carbocycles. The first-order chi connectivity index (χ1) is 34.3. The molecular formula is C51H86O19P2. The van der Waals surface area contributed by atoms with E-state index in [1.807, 2.05) is 6.92 Å². The monoisotopic (exact) mass is 1060 g/mol. The van der Waals surface area contributed by atoms with E-state index in [0.29, 0.717) is 12.8 Å². The van der Waals surface area contributed by atoms with E-state index in [9.17, 15) is 69.1 Å². The van der Waals surface area contributed by atoms with Gasteiger partial charge in [-0.05, 0) is 70.6 Å². The number of rotatable bonds is 26. The molecule has 0 saturated heterocycles. The standard InChI is InChI=1S/C51H86O19P2/c1-3-5-7-8-9-10-11-12-13-14-15-16-17-18-19-20-21-22-27-31-44(55)66-36-39-37-67-72(64,65)70-51-49(60)48(59)46(57)40(30-26-23-24-28-32-45(56)68-39)42(53)35-43(54)41(34-33-38(52)29-25-6-4-2)47(58)50(51)69-71(61,62)63/h5,7,9-10,12-13,15-16,23,26,33-34,38-43,46-54,57-60H,3-4,6,8,11,14,17-22,24-25,27-32,35-37H2,1-2H3,(H,64,65)(H2,61,62,63)/b7-5-,10-9-,13-12-,16-15-,26-23?,34-33?/t38-,39+,40-,41-,42-,43+,46+,47+,48-,49+,50+,51-/m0/s1. The van der Waals surface area contributed by atoms with Crippen LogP contribution in [0.15, 0.2) is 72.9 Å². The van der Waals surface area contributed by atoms with Gasteiger partial charge < -0.3 is 59.9 Å². The van der Waals surface area contributed by atoms with Gasteiger partial charge in [0.1, 0.15) is 31.0 Å². The second-order valence-electron chi connectivity index (χ2n) is 18.5. The maximum absolute atomic E-state index is 13.7. The van der Waals surface area contributed by atoms with E-state index in [1.54, 1.807) is 6.08 Å². The number of carbonyl (C=O) groups is 2. The summed E-state index contributed by atoms with van der Waals surface area (Å²) in [5, 5.41) is 79.7. The van der Waals surface area contributed by atoms with E-state index in [1.165, 1.54) is 12.2 Å². The summed E-state index contributed by atoms with van der Waals surface area (Å²) in [5.41, 5.74) is 0. The second-order valence-corrected chi connectivity index (χ2v) is 21.1. The molecule has 1 saturated carbocycles. The van der Waals surface area contributed by atoms with Crippen LogP contribution in [-0.2, 0) is 41.8 Å². The Hall–Kier alpha value is -2.68. The Balaban J connectivity index is 2.20. The first kappa shape index (κ1) is 65.4. The molecule has 1 heterocycles. The van der Waals surface area contributed by atoms with Crippen molar-refractivity contribution >= 4 is 27.6 Å². The maximum atomic E-state index is 13.7. The van der Waals surface area contributed by atoms with E-state index in [2.05, 4.69) is 55.5 Å². The molecule has 0 amide bonds. The molecule has 10 N–H and O–H groups in total. The number of ether oxygens (including phenoxy) is 2. The van der Waals surface area contributed by atoms with Gasteiger partial charge in [0.25, 0.3) is 0 Å². The van der Waals surface area contributed by atoms with Crippen LogP contribution in [-0.4, -0.2) is 137 Å². The van der Waals surface area contributed by atoms with E-state index in [0.717, 1.165) is 83.1 Å². The maximum Gasteiger partial charge on any atom is 0.472 e. The quantitative estimate of drug-likeness (QED) is 0.0185. The van der Waals surface area contributed by atoms with Gasteiger partial charge in [-0.1, -0.05) is 132 Å². The number of carbonyl (C=O) groups excluding carboxylic acids is 2. The predicted octanol–water partition coefficient (Wildman–Crippen LogP) is 6.78. The Morgan fingerprint density at radius 1 is 0.819 bits per heavy atom. The largest absolute Gasteiger partial charge is 0.472 e. The van der Waals surface area contributed by atoms with Crippen LogP contribution in [0.3, 0.4) is 0 Å². The van der Waals surface area contributed by atoms with Crippen molar-refractivity contribution in [1.82, 2.24) is 0 Å². The highest BCUT2D eigenvalue weighted by molar-refractivity contribution is 7.47. The van der Waals surface area contributed by atoms with Crippen LogP contribution in [0.1, 0.15) is 149 Å². The Bertz CT molecular complexity index is 1780. The highest BCUT2D eigenvalue weighted by Gasteiger charge is 2.51. The average Bonchev–Trinajstić information content (AvgIpc) is 3.32. The molecular weight excluding hydrogens is 978 g/mol. The van der Waals surface area contributed by atoms with Crippen molar-refractivity contribution < 1.29 is 92.2 Å². The third-order valence-corrected chi connectivity index (χ3v) is 13.8. The minimum atomic E-state index is -5.77. The molecule has 1 unspecified atom stereocenters. The highest BCUT2D eigenvalue weighted by atomic mass is 31.2. The molecule has 0 aromatic rings. The molecule has 2 aliphatic rings. The summed E-state index contributed by atoms with van der Waals surface area (Å²) in [6, 6.07) is 0. The van der Waals surface area contributed by atoms with Crippen molar-refractivity contribution in [2.45, 2.75) is 210 Å². The molecule has 0 radical (unpaired) electrons.